The van der Waals surface area contributed by atoms with Crippen LogP contribution in [0.1, 0.15) is 5.56 Å². The van der Waals surface area contributed by atoms with Gasteiger partial charge in [-0.1, -0.05) is 11.6 Å². The lowest BCUT2D eigenvalue weighted by Gasteiger charge is -2.08. The summed E-state index contributed by atoms with van der Waals surface area (Å²) in [6.45, 7) is 2.05. The molecule has 17 heavy (non-hydrogen) atoms. The van der Waals surface area contributed by atoms with Crippen LogP contribution in [-0.4, -0.2) is 24.2 Å². The average Bonchev–Trinajstić information content (AvgIpc) is 2.29. The van der Waals surface area contributed by atoms with E-state index in [0.717, 1.165) is 5.56 Å². The van der Waals surface area contributed by atoms with Gasteiger partial charge in [0.2, 0.25) is 0 Å². The minimum absolute atomic E-state index is 0.257. The van der Waals surface area contributed by atoms with E-state index in [1.165, 1.54) is 0 Å². The van der Waals surface area contributed by atoms with Crippen molar-refractivity contribution >= 4 is 40.7 Å². The number of rotatable bonds is 3. The fraction of sp³-hybridized carbons (Fsp3) is 0.273. The predicted molar refractivity (Wildman–Crippen MR) is 68.5 cm³/mol. The molecule has 0 spiro atoms. The van der Waals surface area contributed by atoms with Crippen LogP contribution in [0.15, 0.2) is 18.2 Å². The van der Waals surface area contributed by atoms with E-state index in [9.17, 15) is 9.59 Å². The molecule has 1 rings (SSSR count). The lowest BCUT2D eigenvalue weighted by Crippen LogP contribution is -2.36. The van der Waals surface area contributed by atoms with Gasteiger partial charge in [0.15, 0.2) is 0 Å². The zero-order chi connectivity index (χ0) is 12.8. The molecule has 2 N–H and O–H groups in total. The molecule has 0 aliphatic carbocycles. The first-order valence-electron chi connectivity index (χ1n) is 4.96. The number of halogens is 2. The van der Waals surface area contributed by atoms with Crippen LogP contribution in [0.4, 0.5) is 5.69 Å². The van der Waals surface area contributed by atoms with Crippen molar-refractivity contribution in [2.24, 2.45) is 0 Å². The van der Waals surface area contributed by atoms with E-state index in [0.29, 0.717) is 10.7 Å². The fourth-order valence-electron chi connectivity index (χ4n) is 1.19. The minimum Gasteiger partial charge on any atom is -0.347 e. The Labute approximate surface area is 109 Å². The summed E-state index contributed by atoms with van der Waals surface area (Å²) in [6, 6.07) is 4.99. The highest BCUT2D eigenvalue weighted by Crippen LogP contribution is 2.19. The largest absolute Gasteiger partial charge is 0.347 e. The lowest BCUT2D eigenvalue weighted by atomic mass is 10.2. The molecule has 0 radical (unpaired) electrons. The first-order valence-corrected chi connectivity index (χ1v) is 5.87. The van der Waals surface area contributed by atoms with Gasteiger partial charge in [-0.05, 0) is 30.7 Å². The summed E-state index contributed by atoms with van der Waals surface area (Å²) in [4.78, 5) is 22.7. The maximum Gasteiger partial charge on any atom is 0.313 e. The molecule has 2 amide bonds. The Bertz CT molecular complexity index is 435. The van der Waals surface area contributed by atoms with E-state index in [1.54, 1.807) is 25.1 Å². The van der Waals surface area contributed by atoms with Crippen molar-refractivity contribution in [3.05, 3.63) is 28.8 Å². The van der Waals surface area contributed by atoms with Crippen molar-refractivity contribution in [1.29, 1.82) is 0 Å². The monoisotopic (exact) mass is 274 g/mol. The number of amides is 2. The van der Waals surface area contributed by atoms with Crippen LogP contribution in [0.3, 0.4) is 0 Å². The van der Waals surface area contributed by atoms with Gasteiger partial charge in [-0.3, -0.25) is 9.59 Å². The molecule has 0 heterocycles. The molecule has 0 aliphatic heterocycles. The lowest BCUT2D eigenvalue weighted by molar-refractivity contribution is -0.136. The first-order chi connectivity index (χ1) is 8.04. The van der Waals surface area contributed by atoms with Crippen molar-refractivity contribution in [3.8, 4) is 0 Å². The van der Waals surface area contributed by atoms with Gasteiger partial charge in [0.05, 0.1) is 0 Å². The Balaban J connectivity index is 2.64. The smallest absolute Gasteiger partial charge is 0.313 e. The highest BCUT2D eigenvalue weighted by molar-refractivity contribution is 6.39. The third-order valence-electron chi connectivity index (χ3n) is 2.02. The molecule has 0 bridgehead atoms. The standard InChI is InChI=1S/C11H12Cl2N2O2/c1-7-6-8(13)2-3-9(7)15-11(17)10(16)14-5-4-12/h2-3,6H,4-5H2,1H3,(H,14,16)(H,15,17). The van der Waals surface area contributed by atoms with Crippen molar-refractivity contribution < 1.29 is 9.59 Å². The quantitative estimate of drug-likeness (QED) is 0.654. The van der Waals surface area contributed by atoms with Crippen LogP contribution >= 0.6 is 23.2 Å². The predicted octanol–water partition coefficient (Wildman–Crippen LogP) is 1.94. The normalized spacial score (nSPS) is 9.82. The highest BCUT2D eigenvalue weighted by atomic mass is 35.5. The Morgan fingerprint density at radius 3 is 2.59 bits per heavy atom. The molecular weight excluding hydrogens is 263 g/mol. The van der Waals surface area contributed by atoms with Crippen LogP contribution in [0, 0.1) is 6.92 Å². The molecule has 0 saturated heterocycles. The molecule has 1 aromatic rings. The number of nitrogens with one attached hydrogen (secondary N) is 2. The van der Waals surface area contributed by atoms with Crippen LogP contribution in [-0.2, 0) is 9.59 Å². The van der Waals surface area contributed by atoms with Gasteiger partial charge in [-0.15, -0.1) is 11.6 Å². The second-order valence-electron chi connectivity index (χ2n) is 3.36. The highest BCUT2D eigenvalue weighted by Gasteiger charge is 2.13. The summed E-state index contributed by atoms with van der Waals surface area (Å²) < 4.78 is 0. The summed E-state index contributed by atoms with van der Waals surface area (Å²) in [5.74, 6) is -1.17. The van der Waals surface area contributed by atoms with Gasteiger partial charge >= 0.3 is 11.8 Å². The van der Waals surface area contributed by atoms with Crippen molar-refractivity contribution in [1.82, 2.24) is 5.32 Å². The minimum atomic E-state index is -0.722. The third kappa shape index (κ3) is 4.24. The van der Waals surface area contributed by atoms with E-state index in [4.69, 9.17) is 23.2 Å². The number of hydrogen-bond acceptors (Lipinski definition) is 2. The molecule has 0 fully saturated rings. The van der Waals surface area contributed by atoms with Gasteiger partial charge in [-0.2, -0.15) is 0 Å². The topological polar surface area (TPSA) is 58.2 Å². The summed E-state index contributed by atoms with van der Waals surface area (Å²) in [6.07, 6.45) is 0. The zero-order valence-corrected chi connectivity index (χ0v) is 10.7. The van der Waals surface area contributed by atoms with Crippen LogP contribution in [0.5, 0.6) is 0 Å². The van der Waals surface area contributed by atoms with Gasteiger partial charge in [0.1, 0.15) is 0 Å². The third-order valence-corrected chi connectivity index (χ3v) is 2.45. The van der Waals surface area contributed by atoms with Crippen molar-refractivity contribution in [2.75, 3.05) is 17.7 Å². The number of anilines is 1. The Kier molecular flexibility index (Phi) is 5.25. The number of carbonyl (C=O) groups excluding carboxylic acids is 2. The number of benzene rings is 1. The number of aryl methyl sites for hydroxylation is 1. The average molecular weight is 275 g/mol. The van der Waals surface area contributed by atoms with Crippen molar-refractivity contribution in [3.63, 3.8) is 0 Å². The van der Waals surface area contributed by atoms with E-state index >= 15 is 0 Å². The van der Waals surface area contributed by atoms with E-state index in [-0.39, 0.29) is 12.4 Å². The molecule has 0 aromatic heterocycles. The molecule has 1 aromatic carbocycles. The van der Waals surface area contributed by atoms with E-state index in [1.807, 2.05) is 0 Å². The summed E-state index contributed by atoms with van der Waals surface area (Å²) in [5, 5.41) is 5.44. The summed E-state index contributed by atoms with van der Waals surface area (Å²) >= 11 is 11.2. The number of carbonyl (C=O) groups is 2. The van der Waals surface area contributed by atoms with Gasteiger partial charge in [0, 0.05) is 23.1 Å². The molecule has 0 unspecified atom stereocenters. The van der Waals surface area contributed by atoms with Crippen molar-refractivity contribution in [2.45, 2.75) is 6.92 Å². The number of alkyl halides is 1. The molecule has 92 valence electrons. The second-order valence-corrected chi connectivity index (χ2v) is 4.17. The van der Waals surface area contributed by atoms with Crippen LogP contribution in [0.2, 0.25) is 5.02 Å². The maximum atomic E-state index is 11.5. The summed E-state index contributed by atoms with van der Waals surface area (Å²) in [7, 11) is 0. The second kappa shape index (κ2) is 6.47. The van der Waals surface area contributed by atoms with Gasteiger partial charge in [0.25, 0.3) is 0 Å². The summed E-state index contributed by atoms with van der Waals surface area (Å²) in [5.41, 5.74) is 1.34. The number of hydrogen-bond donors (Lipinski definition) is 2. The molecular formula is C11H12Cl2N2O2. The Hall–Kier alpha value is -1.26. The molecule has 6 heteroatoms. The van der Waals surface area contributed by atoms with E-state index in [2.05, 4.69) is 10.6 Å². The molecule has 4 nitrogen and oxygen atoms in total. The Morgan fingerprint density at radius 2 is 2.00 bits per heavy atom. The van der Waals surface area contributed by atoms with Gasteiger partial charge < -0.3 is 10.6 Å². The van der Waals surface area contributed by atoms with Crippen LogP contribution < -0.4 is 10.6 Å². The van der Waals surface area contributed by atoms with E-state index < -0.39 is 11.8 Å². The Morgan fingerprint density at radius 1 is 1.29 bits per heavy atom. The fourth-order valence-corrected chi connectivity index (χ4v) is 1.51. The SMILES string of the molecule is Cc1cc(Cl)ccc1NC(=O)C(=O)NCCCl. The molecule has 0 saturated carbocycles. The molecule has 0 atom stereocenters. The first kappa shape index (κ1) is 13.8. The van der Waals surface area contributed by atoms with Crippen LogP contribution in [0.25, 0.3) is 0 Å². The zero-order valence-electron chi connectivity index (χ0n) is 9.22. The van der Waals surface area contributed by atoms with Gasteiger partial charge in [-0.25, -0.2) is 0 Å². The maximum absolute atomic E-state index is 11.5. The molecule has 0 aliphatic rings.